The molecule has 2 aromatic rings. The van der Waals surface area contributed by atoms with Crippen LogP contribution in [0, 0.1) is 16.7 Å². The molecule has 7 heteroatoms. The van der Waals surface area contributed by atoms with Crippen LogP contribution in [0.3, 0.4) is 0 Å². The van der Waals surface area contributed by atoms with Crippen LogP contribution in [0.15, 0.2) is 64.3 Å². The highest BCUT2D eigenvalue weighted by Crippen LogP contribution is 2.35. The molecule has 2 aromatic carbocycles. The van der Waals surface area contributed by atoms with Crippen molar-refractivity contribution in [3.8, 4) is 11.5 Å². The van der Waals surface area contributed by atoms with Crippen LogP contribution in [0.1, 0.15) is 56.6 Å². The van der Waals surface area contributed by atoms with E-state index in [0.717, 1.165) is 45.9 Å². The quantitative estimate of drug-likeness (QED) is 0.400. The van der Waals surface area contributed by atoms with Gasteiger partial charge in [0.15, 0.2) is 0 Å². The summed E-state index contributed by atoms with van der Waals surface area (Å²) in [6.07, 6.45) is 2.99. The summed E-state index contributed by atoms with van der Waals surface area (Å²) in [7, 11) is 3.28. The van der Waals surface area contributed by atoms with Crippen molar-refractivity contribution in [2.45, 2.75) is 57.6 Å². The highest BCUT2D eigenvalue weighted by molar-refractivity contribution is 6.34. The van der Waals surface area contributed by atoms with Crippen LogP contribution in [-0.2, 0) is 4.79 Å². The maximum atomic E-state index is 13.1. The number of allylic oxidation sites excluding steroid dienone is 1. The van der Waals surface area contributed by atoms with Crippen molar-refractivity contribution < 1.29 is 19.4 Å². The van der Waals surface area contributed by atoms with Crippen molar-refractivity contribution in [1.29, 1.82) is 0 Å². The lowest BCUT2D eigenvalue weighted by Gasteiger charge is -2.34. The van der Waals surface area contributed by atoms with Crippen molar-refractivity contribution in [3.63, 3.8) is 0 Å². The minimum absolute atomic E-state index is 0.0436. The fraction of sp³-hybridized carbons (Fsp3) is 0.467. The van der Waals surface area contributed by atoms with Gasteiger partial charge >= 0.3 is 0 Å². The second kappa shape index (κ2) is 12.3. The first kappa shape index (κ1) is 26.7. The van der Waals surface area contributed by atoms with E-state index >= 15 is 0 Å². The predicted molar refractivity (Wildman–Crippen MR) is 145 cm³/mol. The van der Waals surface area contributed by atoms with Crippen molar-refractivity contribution in [3.05, 3.63) is 70.1 Å². The van der Waals surface area contributed by atoms with Gasteiger partial charge in [0, 0.05) is 24.0 Å². The molecule has 37 heavy (non-hydrogen) atoms. The van der Waals surface area contributed by atoms with E-state index in [0.29, 0.717) is 38.6 Å². The molecule has 196 valence electrons. The van der Waals surface area contributed by atoms with Gasteiger partial charge in [-0.15, -0.1) is 0 Å². The first-order chi connectivity index (χ1) is 17.9. The molecular formula is C30H36N2O5. The second-order valence-electron chi connectivity index (χ2n) is 10.2. The maximum absolute atomic E-state index is 13.1. The monoisotopic (exact) mass is 504 g/mol. The Morgan fingerprint density at radius 1 is 1.00 bits per heavy atom. The number of aliphatic hydroxyl groups excluding tert-OH is 1. The van der Waals surface area contributed by atoms with Crippen LogP contribution < -0.4 is 9.47 Å². The number of Topliss-reactive ketones (excluding diaryl/α,β-unsaturated/α-hetero) is 1. The summed E-state index contributed by atoms with van der Waals surface area (Å²) in [6.45, 7) is 2.44. The van der Waals surface area contributed by atoms with E-state index in [-0.39, 0.29) is 23.7 Å². The van der Waals surface area contributed by atoms with E-state index in [1.807, 2.05) is 55.5 Å². The zero-order valence-corrected chi connectivity index (χ0v) is 21.9. The lowest BCUT2D eigenvalue weighted by atomic mass is 9.75. The summed E-state index contributed by atoms with van der Waals surface area (Å²) in [5, 5.41) is 13.5. The van der Waals surface area contributed by atoms with Crippen molar-refractivity contribution in [2.24, 2.45) is 22.0 Å². The zero-order valence-electron chi connectivity index (χ0n) is 21.9. The van der Waals surface area contributed by atoms with Gasteiger partial charge in [-0.2, -0.15) is 4.91 Å². The number of aliphatic imine (C=N–C) groups is 1. The normalized spacial score (nSPS) is 23.5. The number of nitrogens with zero attached hydrogens (tertiary/aromatic N) is 2. The number of ether oxygens (including phenoxy) is 2. The third kappa shape index (κ3) is 6.34. The molecule has 4 unspecified atom stereocenters. The summed E-state index contributed by atoms with van der Waals surface area (Å²) in [4.78, 5) is 29.2. The van der Waals surface area contributed by atoms with Gasteiger partial charge in [0.05, 0.1) is 38.6 Å². The molecule has 0 amide bonds. The molecule has 1 heterocycles. The Morgan fingerprint density at radius 3 is 2.22 bits per heavy atom. The van der Waals surface area contributed by atoms with Gasteiger partial charge in [-0.3, -0.25) is 9.79 Å². The van der Waals surface area contributed by atoms with E-state index in [4.69, 9.17) is 14.5 Å². The molecule has 0 aromatic heterocycles. The van der Waals surface area contributed by atoms with Gasteiger partial charge < -0.3 is 14.6 Å². The maximum Gasteiger partial charge on any atom is 0.137 e. The molecule has 1 fully saturated rings. The third-order valence-electron chi connectivity index (χ3n) is 7.70. The van der Waals surface area contributed by atoms with Crippen LogP contribution >= 0.6 is 0 Å². The molecule has 4 atom stereocenters. The Hall–Kier alpha value is -3.32. The number of methoxy groups -OCH3 is 2. The number of carbonyl (C=O) groups excluding carboxylic acids is 1. The van der Waals surface area contributed by atoms with E-state index in [1.54, 1.807) is 14.2 Å². The van der Waals surface area contributed by atoms with Gasteiger partial charge in [-0.1, -0.05) is 24.2 Å². The lowest BCUT2D eigenvalue weighted by molar-refractivity contribution is -0.118. The van der Waals surface area contributed by atoms with Gasteiger partial charge in [-0.05, 0) is 85.1 Å². The van der Waals surface area contributed by atoms with Gasteiger partial charge in [0.25, 0.3) is 0 Å². The van der Waals surface area contributed by atoms with Crippen molar-refractivity contribution in [2.75, 3.05) is 20.8 Å². The Labute approximate surface area is 218 Å². The average Bonchev–Trinajstić information content (AvgIpc) is 3.33. The SMILES string of the molecule is COc1ccc(C2=NCC(CC(=O)CCCC3CC(O)C(C)CC3N=O)=C2c2ccc(OC)cc2)cc1. The van der Waals surface area contributed by atoms with Gasteiger partial charge in [-0.25, -0.2) is 0 Å². The minimum atomic E-state index is -0.400. The summed E-state index contributed by atoms with van der Waals surface area (Å²) in [5.74, 6) is 1.84. The summed E-state index contributed by atoms with van der Waals surface area (Å²) >= 11 is 0. The fourth-order valence-corrected chi connectivity index (χ4v) is 5.48. The topological polar surface area (TPSA) is 97.5 Å². The molecule has 0 saturated heterocycles. The number of nitroso groups, excluding NO2 is 1. The molecule has 0 bridgehead atoms. The Kier molecular flexibility index (Phi) is 8.87. The van der Waals surface area contributed by atoms with E-state index in [1.165, 1.54) is 0 Å². The standard InChI is InChI=1S/C30H36N2O5/c1-19-15-27(32-35)22(17-28(19)34)5-4-6-24(33)16-23-18-31-30(21-9-13-26(37-3)14-10-21)29(23)20-7-11-25(36-2)12-8-20/h7-14,19,22,27-28,34H,4-6,15-18H2,1-3H3. The van der Waals surface area contributed by atoms with Crippen LogP contribution in [0.2, 0.25) is 0 Å². The number of benzene rings is 2. The molecule has 7 nitrogen and oxygen atoms in total. The summed E-state index contributed by atoms with van der Waals surface area (Å²) in [6, 6.07) is 15.4. The molecule has 1 aliphatic heterocycles. The van der Waals surface area contributed by atoms with Crippen molar-refractivity contribution in [1.82, 2.24) is 0 Å². The van der Waals surface area contributed by atoms with Gasteiger partial charge in [0.2, 0.25) is 0 Å². The van der Waals surface area contributed by atoms with Crippen LogP contribution in [0.5, 0.6) is 11.5 Å². The van der Waals surface area contributed by atoms with E-state index in [9.17, 15) is 14.8 Å². The van der Waals surface area contributed by atoms with Gasteiger partial charge in [0.1, 0.15) is 17.3 Å². The molecular weight excluding hydrogens is 468 g/mol. The Balaban J connectivity index is 1.47. The summed E-state index contributed by atoms with van der Waals surface area (Å²) in [5.41, 5.74) is 4.86. The summed E-state index contributed by atoms with van der Waals surface area (Å²) < 4.78 is 10.6. The second-order valence-corrected chi connectivity index (χ2v) is 10.2. The number of hydrogen-bond donors (Lipinski definition) is 1. The Bertz CT molecular complexity index is 1150. The molecule has 2 aliphatic rings. The number of aliphatic hydroxyl groups is 1. The van der Waals surface area contributed by atoms with Crippen LogP contribution in [-0.4, -0.2) is 49.5 Å². The van der Waals surface area contributed by atoms with E-state index in [2.05, 4.69) is 5.18 Å². The largest absolute Gasteiger partial charge is 0.497 e. The third-order valence-corrected chi connectivity index (χ3v) is 7.70. The van der Waals surface area contributed by atoms with E-state index < -0.39 is 6.10 Å². The predicted octanol–water partition coefficient (Wildman–Crippen LogP) is 5.63. The molecule has 1 aliphatic carbocycles. The number of hydrogen-bond acceptors (Lipinski definition) is 7. The van der Waals surface area contributed by atoms with Crippen molar-refractivity contribution >= 4 is 17.1 Å². The minimum Gasteiger partial charge on any atom is -0.497 e. The van der Waals surface area contributed by atoms with Crippen LogP contribution in [0.25, 0.3) is 5.57 Å². The lowest BCUT2D eigenvalue weighted by Crippen LogP contribution is -2.36. The first-order valence-electron chi connectivity index (χ1n) is 13.0. The van der Waals surface area contributed by atoms with Crippen LogP contribution in [0.4, 0.5) is 0 Å². The molecule has 1 N–H and O–H groups in total. The Morgan fingerprint density at radius 2 is 1.62 bits per heavy atom. The zero-order chi connectivity index (χ0) is 26.4. The average molecular weight is 505 g/mol. The first-order valence-corrected chi connectivity index (χ1v) is 13.0. The number of ketones is 1. The molecule has 1 saturated carbocycles. The highest BCUT2D eigenvalue weighted by Gasteiger charge is 2.34. The highest BCUT2D eigenvalue weighted by atomic mass is 16.5. The number of carbonyl (C=O) groups is 1. The molecule has 4 rings (SSSR count). The smallest absolute Gasteiger partial charge is 0.137 e. The molecule has 0 radical (unpaired) electrons. The number of rotatable bonds is 11. The molecule has 0 spiro atoms. The fourth-order valence-electron chi connectivity index (χ4n) is 5.48.